The summed E-state index contributed by atoms with van der Waals surface area (Å²) in [5.41, 5.74) is 0.443. The second-order valence-electron chi connectivity index (χ2n) is 3.86. The van der Waals surface area contributed by atoms with E-state index < -0.39 is 10.0 Å². The first-order valence-corrected chi connectivity index (χ1v) is 8.40. The summed E-state index contributed by atoms with van der Waals surface area (Å²) in [6.07, 6.45) is 1.29. The van der Waals surface area contributed by atoms with Gasteiger partial charge >= 0.3 is 0 Å². The van der Waals surface area contributed by atoms with Gasteiger partial charge in [-0.2, -0.15) is 5.26 Å². The smallest absolute Gasteiger partial charge is 0.261 e. The first-order valence-electron chi connectivity index (χ1n) is 5.37. The molecule has 2 rings (SSSR count). The van der Waals surface area contributed by atoms with E-state index in [2.05, 4.69) is 25.6 Å². The molecule has 0 fully saturated rings. The van der Waals surface area contributed by atoms with E-state index in [1.165, 1.54) is 30.5 Å². The minimum atomic E-state index is -3.84. The van der Waals surface area contributed by atoms with Crippen molar-refractivity contribution in [2.24, 2.45) is 0 Å². The maximum atomic E-state index is 12.2. The van der Waals surface area contributed by atoms with E-state index in [0.29, 0.717) is 4.47 Å². The topological polar surface area (TPSA) is 82.8 Å². The molecule has 1 heterocycles. The Bertz CT molecular complexity index is 850. The van der Waals surface area contributed by atoms with Crippen molar-refractivity contribution in [1.82, 2.24) is 4.98 Å². The molecule has 0 bridgehead atoms. The second kappa shape index (κ2) is 6.20. The number of pyridine rings is 1. The Hall–Kier alpha value is -1.33. The number of halogens is 3. The zero-order valence-electron chi connectivity index (χ0n) is 10.1. The van der Waals surface area contributed by atoms with Crippen molar-refractivity contribution in [3.8, 4) is 6.07 Å². The van der Waals surface area contributed by atoms with Gasteiger partial charge in [-0.25, -0.2) is 13.4 Å². The van der Waals surface area contributed by atoms with Gasteiger partial charge in [-0.15, -0.1) is 0 Å². The van der Waals surface area contributed by atoms with Crippen LogP contribution >= 0.6 is 39.1 Å². The molecule has 0 aliphatic heterocycles. The summed E-state index contributed by atoms with van der Waals surface area (Å²) < 4.78 is 27.2. The molecule has 9 heteroatoms. The van der Waals surface area contributed by atoms with Crippen LogP contribution in [-0.4, -0.2) is 13.4 Å². The highest BCUT2D eigenvalue weighted by Crippen LogP contribution is 2.26. The summed E-state index contributed by atoms with van der Waals surface area (Å²) in [5, 5.41) is 9.07. The molecule has 2 aromatic rings. The molecule has 21 heavy (non-hydrogen) atoms. The van der Waals surface area contributed by atoms with E-state index in [4.69, 9.17) is 28.5 Å². The molecular formula is C12H6BrCl2N3O2S. The Morgan fingerprint density at radius 3 is 2.57 bits per heavy atom. The van der Waals surface area contributed by atoms with Crippen molar-refractivity contribution in [2.45, 2.75) is 4.90 Å². The van der Waals surface area contributed by atoms with Crippen molar-refractivity contribution >= 4 is 54.8 Å². The van der Waals surface area contributed by atoms with E-state index in [9.17, 15) is 8.42 Å². The van der Waals surface area contributed by atoms with Gasteiger partial charge in [0.15, 0.2) is 0 Å². The Morgan fingerprint density at radius 2 is 2.00 bits per heavy atom. The van der Waals surface area contributed by atoms with Gasteiger partial charge in [-0.05, 0) is 40.2 Å². The van der Waals surface area contributed by atoms with E-state index in [-0.39, 0.29) is 26.3 Å². The maximum Gasteiger partial charge on any atom is 0.261 e. The van der Waals surface area contributed by atoms with Gasteiger partial charge in [0.1, 0.15) is 11.2 Å². The molecule has 0 unspecified atom stereocenters. The maximum absolute atomic E-state index is 12.2. The van der Waals surface area contributed by atoms with Crippen molar-refractivity contribution in [3.05, 3.63) is 50.7 Å². The largest absolute Gasteiger partial charge is 0.278 e. The van der Waals surface area contributed by atoms with Crippen LogP contribution in [0.4, 0.5) is 5.69 Å². The first-order chi connectivity index (χ1) is 9.83. The van der Waals surface area contributed by atoms with Crippen LogP contribution < -0.4 is 4.72 Å². The number of hydrogen-bond acceptors (Lipinski definition) is 4. The molecule has 1 aromatic carbocycles. The number of aromatic nitrogens is 1. The Labute approximate surface area is 139 Å². The zero-order chi connectivity index (χ0) is 15.6. The van der Waals surface area contributed by atoms with Crippen LogP contribution in [-0.2, 0) is 10.0 Å². The van der Waals surface area contributed by atoms with Crippen LogP contribution in [0.1, 0.15) is 5.56 Å². The van der Waals surface area contributed by atoms with Crippen molar-refractivity contribution in [1.29, 1.82) is 5.26 Å². The molecule has 0 saturated carbocycles. The van der Waals surface area contributed by atoms with Crippen molar-refractivity contribution in [2.75, 3.05) is 4.72 Å². The Balaban J connectivity index is 2.36. The monoisotopic (exact) mass is 405 g/mol. The second-order valence-corrected chi connectivity index (χ2v) is 7.16. The third-order valence-electron chi connectivity index (χ3n) is 2.42. The van der Waals surface area contributed by atoms with Crippen molar-refractivity contribution < 1.29 is 8.42 Å². The van der Waals surface area contributed by atoms with Gasteiger partial charge < -0.3 is 0 Å². The molecule has 1 aromatic heterocycles. The molecule has 0 radical (unpaired) electrons. The molecule has 5 nitrogen and oxygen atoms in total. The number of rotatable bonds is 3. The number of nitrogens with zero attached hydrogens (tertiary/aromatic N) is 2. The lowest BCUT2D eigenvalue weighted by molar-refractivity contribution is 0.601. The summed E-state index contributed by atoms with van der Waals surface area (Å²) in [6, 6.07) is 7.19. The quantitative estimate of drug-likeness (QED) is 0.785. The van der Waals surface area contributed by atoms with Gasteiger partial charge in [0.05, 0.1) is 31.8 Å². The number of nitrogens with one attached hydrogen (secondary N) is 1. The highest BCUT2D eigenvalue weighted by atomic mass is 79.9. The lowest BCUT2D eigenvalue weighted by atomic mass is 10.2. The van der Waals surface area contributed by atoms with Gasteiger partial charge in [-0.1, -0.05) is 23.2 Å². The SMILES string of the molecule is N#Cc1ccc(S(=O)(=O)Nc2cnc(Cl)c(Br)c2)cc1Cl. The number of sulfonamides is 1. The predicted octanol–water partition coefficient (Wildman–Crippen LogP) is 3.82. The van der Waals surface area contributed by atoms with E-state index >= 15 is 0 Å². The lowest BCUT2D eigenvalue weighted by Crippen LogP contribution is -2.13. The number of hydrogen-bond donors (Lipinski definition) is 1. The molecule has 0 spiro atoms. The van der Waals surface area contributed by atoms with Gasteiger partial charge in [0.25, 0.3) is 10.0 Å². The lowest BCUT2D eigenvalue weighted by Gasteiger charge is -2.09. The molecule has 0 aliphatic carbocycles. The highest BCUT2D eigenvalue weighted by molar-refractivity contribution is 9.10. The molecule has 0 atom stereocenters. The normalized spacial score (nSPS) is 11.0. The molecule has 108 valence electrons. The average Bonchev–Trinajstić information content (AvgIpc) is 2.42. The summed E-state index contributed by atoms with van der Waals surface area (Å²) in [4.78, 5) is 3.77. The predicted molar refractivity (Wildman–Crippen MR) is 83.9 cm³/mol. The minimum Gasteiger partial charge on any atom is -0.278 e. The molecular weight excluding hydrogens is 401 g/mol. The van der Waals surface area contributed by atoms with Crippen molar-refractivity contribution in [3.63, 3.8) is 0 Å². The molecule has 1 N–H and O–H groups in total. The first kappa shape index (κ1) is 16.0. The fourth-order valence-corrected chi connectivity index (χ4v) is 3.24. The van der Waals surface area contributed by atoms with Crippen LogP contribution in [0.15, 0.2) is 39.8 Å². The molecule has 0 amide bonds. The average molecular weight is 407 g/mol. The number of nitriles is 1. The van der Waals surface area contributed by atoms with E-state index in [0.717, 1.165) is 0 Å². The zero-order valence-corrected chi connectivity index (χ0v) is 14.1. The molecule has 0 aliphatic rings. The van der Waals surface area contributed by atoms with Gasteiger partial charge in [0.2, 0.25) is 0 Å². The summed E-state index contributed by atoms with van der Waals surface area (Å²) in [5.74, 6) is 0. The third kappa shape index (κ3) is 3.66. The highest BCUT2D eigenvalue weighted by Gasteiger charge is 2.16. The van der Waals surface area contributed by atoms with Crippen LogP contribution in [0.5, 0.6) is 0 Å². The standard InChI is InChI=1S/C12H6BrCl2N3O2S/c13-10-3-8(6-17-12(10)15)18-21(19,20)9-2-1-7(5-16)11(14)4-9/h1-4,6,18H. The van der Waals surface area contributed by atoms with Crippen LogP contribution in [0, 0.1) is 11.3 Å². The van der Waals surface area contributed by atoms with Gasteiger partial charge in [-0.3, -0.25) is 4.72 Å². The van der Waals surface area contributed by atoms with Crippen LogP contribution in [0.3, 0.4) is 0 Å². The Kier molecular flexibility index (Phi) is 4.74. The minimum absolute atomic E-state index is 0.0578. The summed E-state index contributed by atoms with van der Waals surface area (Å²) >= 11 is 14.7. The number of benzene rings is 1. The van der Waals surface area contributed by atoms with E-state index in [1.807, 2.05) is 6.07 Å². The van der Waals surface area contributed by atoms with Gasteiger partial charge in [0, 0.05) is 0 Å². The fourth-order valence-electron chi connectivity index (χ4n) is 1.44. The molecule has 0 saturated heterocycles. The van der Waals surface area contributed by atoms with Crippen LogP contribution in [0.25, 0.3) is 0 Å². The van der Waals surface area contributed by atoms with E-state index in [1.54, 1.807) is 0 Å². The van der Waals surface area contributed by atoms with Crippen LogP contribution in [0.2, 0.25) is 10.2 Å². The summed E-state index contributed by atoms with van der Waals surface area (Å²) in [6.45, 7) is 0. The number of anilines is 1. The Morgan fingerprint density at radius 1 is 1.29 bits per heavy atom. The summed E-state index contributed by atoms with van der Waals surface area (Å²) in [7, 11) is -3.84. The third-order valence-corrected chi connectivity index (χ3v) is 5.25. The fraction of sp³-hybridized carbons (Fsp3) is 0.